The molecule has 1 aliphatic rings. The van der Waals surface area contributed by atoms with Crippen molar-refractivity contribution in [2.45, 2.75) is 18.8 Å². The number of sulfone groups is 1. The maximum Gasteiger partial charge on any atom is 0.352 e. The van der Waals surface area contributed by atoms with Crippen LogP contribution in [0.5, 0.6) is 5.75 Å². The predicted molar refractivity (Wildman–Crippen MR) is 106 cm³/mol. The second-order valence-corrected chi connectivity index (χ2v) is 8.27. The van der Waals surface area contributed by atoms with E-state index in [1.165, 1.54) is 6.92 Å². The third-order valence-electron chi connectivity index (χ3n) is 3.89. The summed E-state index contributed by atoms with van der Waals surface area (Å²) in [5, 5.41) is 32.4. The Kier molecular flexibility index (Phi) is 7.07. The van der Waals surface area contributed by atoms with Gasteiger partial charge in [-0.3, -0.25) is 25.0 Å². The first-order valence-corrected chi connectivity index (χ1v) is 10.6. The first-order valence-electron chi connectivity index (χ1n) is 8.61. The van der Waals surface area contributed by atoms with E-state index in [1.54, 1.807) is 6.07 Å². The maximum atomic E-state index is 12.2. The molecule has 2 rings (SSSR count). The SMILES string of the molecule is CCOC(=O)CC1=NC(S(C)(=O)=O)N(N)C(Oc2cc(C#N)ccc2[N+](=O)[O-])=C1[N+](=O)[O-]. The Hall–Kier alpha value is -4.10. The molecule has 0 aliphatic carbocycles. The number of nitriles is 1. The van der Waals surface area contributed by atoms with E-state index in [4.69, 9.17) is 20.6 Å². The van der Waals surface area contributed by atoms with Crippen LogP contribution >= 0.6 is 0 Å². The lowest BCUT2D eigenvalue weighted by Crippen LogP contribution is -2.50. The summed E-state index contributed by atoms with van der Waals surface area (Å²) >= 11 is 0. The molecule has 0 fully saturated rings. The second-order valence-electron chi connectivity index (χ2n) is 6.19. The lowest BCUT2D eigenvalue weighted by atomic mass is 10.2. The zero-order chi connectivity index (χ0) is 24.2. The summed E-state index contributed by atoms with van der Waals surface area (Å²) in [7, 11) is -4.13. The summed E-state index contributed by atoms with van der Waals surface area (Å²) in [6, 6.07) is 4.67. The Morgan fingerprint density at radius 1 is 1.34 bits per heavy atom. The average Bonchev–Trinajstić information content (AvgIpc) is 2.68. The molecule has 0 bridgehead atoms. The molecule has 1 aliphatic heterocycles. The van der Waals surface area contributed by atoms with Crippen LogP contribution in [0.15, 0.2) is 34.8 Å². The van der Waals surface area contributed by atoms with Gasteiger partial charge in [-0.1, -0.05) is 0 Å². The van der Waals surface area contributed by atoms with E-state index in [-0.39, 0.29) is 12.2 Å². The lowest BCUT2D eigenvalue weighted by Gasteiger charge is -2.29. The number of ether oxygens (including phenoxy) is 2. The number of nitrogens with two attached hydrogens (primary N) is 1. The number of esters is 1. The van der Waals surface area contributed by atoms with E-state index in [0.717, 1.165) is 24.5 Å². The maximum absolute atomic E-state index is 12.2. The number of carbonyl (C=O) groups is 1. The van der Waals surface area contributed by atoms with E-state index >= 15 is 0 Å². The third-order valence-corrected chi connectivity index (χ3v) is 4.99. The molecule has 0 spiro atoms. The molecule has 2 N–H and O–H groups in total. The number of nitro benzene ring substituents is 1. The quantitative estimate of drug-likeness (QED) is 0.234. The van der Waals surface area contributed by atoms with Gasteiger partial charge in [0.2, 0.25) is 11.2 Å². The first kappa shape index (κ1) is 24.2. The van der Waals surface area contributed by atoms with Crippen LogP contribution in [0.3, 0.4) is 0 Å². The smallest absolute Gasteiger partial charge is 0.352 e. The monoisotopic (exact) mass is 468 g/mol. The molecule has 16 heteroatoms. The highest BCUT2D eigenvalue weighted by Gasteiger charge is 2.43. The molecule has 32 heavy (non-hydrogen) atoms. The van der Waals surface area contributed by atoms with E-state index < -0.39 is 66.3 Å². The molecule has 0 aromatic heterocycles. The zero-order valence-electron chi connectivity index (χ0n) is 16.6. The number of carbonyl (C=O) groups excluding carboxylic acids is 1. The van der Waals surface area contributed by atoms with Crippen molar-refractivity contribution in [2.24, 2.45) is 10.8 Å². The van der Waals surface area contributed by atoms with Gasteiger partial charge in [0, 0.05) is 18.4 Å². The van der Waals surface area contributed by atoms with Gasteiger partial charge in [-0.25, -0.2) is 24.3 Å². The van der Waals surface area contributed by atoms with Gasteiger partial charge in [0.05, 0.1) is 34.5 Å². The van der Waals surface area contributed by atoms with Gasteiger partial charge in [0.25, 0.3) is 5.88 Å². The van der Waals surface area contributed by atoms with E-state index in [1.807, 2.05) is 0 Å². The molecule has 0 amide bonds. The second kappa shape index (κ2) is 9.36. The van der Waals surface area contributed by atoms with Crippen LogP contribution in [0.25, 0.3) is 0 Å². The minimum Gasteiger partial charge on any atom is -0.466 e. The average molecular weight is 468 g/mol. The highest BCUT2D eigenvalue weighted by atomic mass is 32.2. The topological polar surface area (TPSA) is 221 Å². The van der Waals surface area contributed by atoms with Crippen molar-refractivity contribution in [1.29, 1.82) is 5.26 Å². The normalized spacial score (nSPS) is 16.1. The minimum absolute atomic E-state index is 0.0569. The van der Waals surface area contributed by atoms with Gasteiger partial charge in [0.15, 0.2) is 9.84 Å². The Morgan fingerprint density at radius 2 is 2.00 bits per heavy atom. The summed E-state index contributed by atoms with van der Waals surface area (Å²) in [5.41, 5.74) is -4.34. The number of benzene rings is 1. The van der Waals surface area contributed by atoms with Gasteiger partial charge in [-0.15, -0.1) is 0 Å². The van der Waals surface area contributed by atoms with Crippen LogP contribution in [-0.4, -0.2) is 53.3 Å². The fourth-order valence-electron chi connectivity index (χ4n) is 2.59. The number of hydrazine groups is 1. The largest absolute Gasteiger partial charge is 0.466 e. The number of nitro groups is 2. The van der Waals surface area contributed by atoms with Crippen LogP contribution in [0.2, 0.25) is 0 Å². The van der Waals surface area contributed by atoms with Crippen LogP contribution in [0.4, 0.5) is 5.69 Å². The number of hydrogen-bond donors (Lipinski definition) is 1. The van der Waals surface area contributed by atoms with Crippen LogP contribution in [0.1, 0.15) is 18.9 Å². The van der Waals surface area contributed by atoms with Gasteiger partial charge < -0.3 is 9.47 Å². The standard InChI is InChI=1S/C16H16N6O9S/c1-3-30-13(23)7-10-14(22(26)27)15(20(18)16(19-10)32(2,28)29)31-12-6-9(8-17)4-5-11(12)21(24)25/h4-6,16H,3,7,18H2,1-2H3. The van der Waals surface area contributed by atoms with Gasteiger partial charge >= 0.3 is 17.4 Å². The van der Waals surface area contributed by atoms with E-state index in [0.29, 0.717) is 5.01 Å². The molecule has 1 aromatic rings. The highest BCUT2D eigenvalue weighted by Crippen LogP contribution is 2.33. The molecule has 0 saturated carbocycles. The van der Waals surface area contributed by atoms with Crippen LogP contribution in [0, 0.1) is 31.6 Å². The van der Waals surface area contributed by atoms with Crippen molar-refractivity contribution in [3.8, 4) is 11.8 Å². The summed E-state index contributed by atoms with van der Waals surface area (Å²) in [5.74, 6) is 3.24. The molecule has 0 radical (unpaired) electrons. The molecule has 1 atom stereocenters. The molecule has 1 aromatic carbocycles. The van der Waals surface area contributed by atoms with Gasteiger partial charge in [0.1, 0.15) is 5.71 Å². The Balaban J connectivity index is 2.73. The number of nitrogens with zero attached hydrogens (tertiary/aromatic N) is 5. The Morgan fingerprint density at radius 3 is 2.50 bits per heavy atom. The number of allylic oxidation sites excluding steroid dienone is 1. The lowest BCUT2D eigenvalue weighted by molar-refractivity contribution is -0.420. The van der Waals surface area contributed by atoms with E-state index in [9.17, 15) is 33.4 Å². The molecular weight excluding hydrogens is 452 g/mol. The molecule has 170 valence electrons. The first-order chi connectivity index (χ1) is 14.9. The molecule has 1 heterocycles. The summed E-state index contributed by atoms with van der Waals surface area (Å²) < 4.78 is 34.4. The number of hydrogen-bond acceptors (Lipinski definition) is 13. The van der Waals surface area contributed by atoms with Gasteiger partial charge in [-0.05, 0) is 13.0 Å². The molecule has 15 nitrogen and oxygen atoms in total. The van der Waals surface area contributed by atoms with E-state index in [2.05, 4.69) is 4.99 Å². The fraction of sp³-hybridized carbons (Fsp3) is 0.312. The zero-order valence-corrected chi connectivity index (χ0v) is 17.4. The third kappa shape index (κ3) is 5.14. The van der Waals surface area contributed by atoms with Crippen molar-refractivity contribution >= 4 is 27.2 Å². The predicted octanol–water partition coefficient (Wildman–Crippen LogP) is 0.203. The van der Waals surface area contributed by atoms with Crippen molar-refractivity contribution in [1.82, 2.24) is 5.01 Å². The summed E-state index contributed by atoms with van der Waals surface area (Å²) in [6.45, 7) is 1.43. The van der Waals surface area contributed by atoms with Crippen LogP contribution < -0.4 is 10.6 Å². The van der Waals surface area contributed by atoms with Crippen molar-refractivity contribution < 1.29 is 32.5 Å². The van der Waals surface area contributed by atoms with Crippen LogP contribution in [-0.2, 0) is 19.4 Å². The Labute approximate surface area is 180 Å². The molecule has 1 unspecified atom stereocenters. The van der Waals surface area contributed by atoms with Gasteiger partial charge in [-0.2, -0.15) is 5.26 Å². The van der Waals surface area contributed by atoms with Crippen molar-refractivity contribution in [3.05, 3.63) is 55.6 Å². The Bertz CT molecular complexity index is 1180. The molecular formula is C16H16N6O9S. The number of rotatable bonds is 8. The highest BCUT2D eigenvalue weighted by molar-refractivity contribution is 7.91. The van der Waals surface area contributed by atoms with Crippen molar-refractivity contribution in [3.63, 3.8) is 0 Å². The summed E-state index contributed by atoms with van der Waals surface area (Å²) in [4.78, 5) is 36.8. The minimum atomic E-state index is -4.13. The van der Waals surface area contributed by atoms with Crippen molar-refractivity contribution in [2.75, 3.05) is 12.9 Å². The summed E-state index contributed by atoms with van der Waals surface area (Å²) in [6.07, 6.45) is -0.0618. The molecule has 0 saturated heterocycles. The fourth-order valence-corrected chi connectivity index (χ4v) is 3.41. The number of aliphatic imine (C=N–C) groups is 1.